The molecule has 4 aromatic rings. The van der Waals surface area contributed by atoms with Crippen molar-refractivity contribution >= 4 is 33.6 Å². The molecule has 348 valence electrons. The van der Waals surface area contributed by atoms with E-state index in [1.54, 1.807) is 36.4 Å². The Labute approximate surface area is 370 Å². The van der Waals surface area contributed by atoms with Crippen molar-refractivity contribution in [2.24, 2.45) is 11.8 Å². The van der Waals surface area contributed by atoms with Crippen LogP contribution in [0.2, 0.25) is 0 Å². The third kappa shape index (κ3) is 12.3. The van der Waals surface area contributed by atoms with Gasteiger partial charge in [-0.15, -0.1) is 26.3 Å². The number of carbonyl (C=O) groups is 2. The first kappa shape index (κ1) is 47.2. The van der Waals surface area contributed by atoms with Crippen LogP contribution in [0.15, 0.2) is 60.9 Å². The average molecular weight is 901 g/mol. The van der Waals surface area contributed by atoms with E-state index in [9.17, 15) is 35.9 Å². The normalized spacial score (nSPS) is 23.5. The van der Waals surface area contributed by atoms with Gasteiger partial charge in [-0.05, 0) is 74.2 Å². The Morgan fingerprint density at radius 1 is 0.578 bits per heavy atom. The number of rotatable bonds is 8. The lowest BCUT2D eigenvalue weighted by molar-refractivity contribution is -0.275. The van der Waals surface area contributed by atoms with Crippen LogP contribution in [0.4, 0.5) is 26.3 Å². The molecule has 4 atom stereocenters. The SMILES string of the molecule is C[C@@H]1C[C@@H](c2ccc(OC(F)(F)F)c3ncccc23)CN(C(=O)CN2CCN(C)CC2)C1.C[C@@H]1C[C@H](c2ccc(OC(F)(F)F)c3ncccc23)CN(C(=O)CN2CCN(C)CC2)C1. The summed E-state index contributed by atoms with van der Waals surface area (Å²) < 4.78 is 85.4. The van der Waals surface area contributed by atoms with Crippen LogP contribution >= 0.6 is 0 Å². The van der Waals surface area contributed by atoms with Crippen LogP contribution in [0, 0.1) is 11.8 Å². The molecule has 2 amide bonds. The van der Waals surface area contributed by atoms with E-state index >= 15 is 0 Å². The van der Waals surface area contributed by atoms with Crippen molar-refractivity contribution in [1.82, 2.24) is 39.4 Å². The molecule has 0 unspecified atom stereocenters. The maximum atomic E-state index is 13.1. The number of alkyl halides is 6. The van der Waals surface area contributed by atoms with Gasteiger partial charge in [-0.3, -0.25) is 29.4 Å². The Morgan fingerprint density at radius 3 is 1.31 bits per heavy atom. The summed E-state index contributed by atoms with van der Waals surface area (Å²) >= 11 is 0. The number of likely N-dealkylation sites (N-methyl/N-ethyl adjacent to an activating group) is 2. The highest BCUT2D eigenvalue weighted by molar-refractivity contribution is 5.89. The quantitative estimate of drug-likeness (QED) is 0.179. The minimum atomic E-state index is -4.78. The molecular formula is C46H58F6N8O4. The molecule has 0 bridgehead atoms. The molecule has 0 saturated carbocycles. The minimum absolute atomic E-state index is 0.0295. The number of ether oxygens (including phenoxy) is 2. The van der Waals surface area contributed by atoms with Gasteiger partial charge in [0, 0.05) is 114 Å². The highest BCUT2D eigenvalue weighted by Gasteiger charge is 2.36. The number of halogens is 6. The topological polar surface area (TPSA) is 97.8 Å². The maximum absolute atomic E-state index is 13.1. The molecule has 2 aromatic carbocycles. The summed E-state index contributed by atoms with van der Waals surface area (Å²) in [6.45, 7) is 14.9. The van der Waals surface area contributed by atoms with Crippen molar-refractivity contribution in [2.45, 2.75) is 51.2 Å². The molecule has 0 spiro atoms. The molecular weight excluding hydrogens is 843 g/mol. The van der Waals surface area contributed by atoms with Crippen LogP contribution in [0.25, 0.3) is 21.8 Å². The Bertz CT molecular complexity index is 2080. The number of benzene rings is 2. The van der Waals surface area contributed by atoms with E-state index in [0.29, 0.717) is 61.9 Å². The number of likely N-dealkylation sites (tertiary alicyclic amines) is 2. The van der Waals surface area contributed by atoms with Crippen LogP contribution in [0.1, 0.15) is 49.7 Å². The zero-order valence-corrected chi connectivity index (χ0v) is 36.9. The van der Waals surface area contributed by atoms with E-state index in [1.807, 2.05) is 9.80 Å². The number of hydrogen-bond donors (Lipinski definition) is 0. The smallest absolute Gasteiger partial charge is 0.403 e. The fourth-order valence-electron chi connectivity index (χ4n) is 9.62. The second-order valence-corrected chi connectivity index (χ2v) is 18.0. The molecule has 12 nitrogen and oxygen atoms in total. The fraction of sp³-hybridized carbons (Fsp3) is 0.565. The van der Waals surface area contributed by atoms with Crippen molar-refractivity contribution < 1.29 is 45.4 Å². The molecule has 18 heteroatoms. The number of piperazine rings is 2. The van der Waals surface area contributed by atoms with Crippen molar-refractivity contribution in [2.75, 3.05) is 106 Å². The first-order valence-corrected chi connectivity index (χ1v) is 22.0. The zero-order valence-electron chi connectivity index (χ0n) is 36.9. The van der Waals surface area contributed by atoms with Gasteiger partial charge in [0.15, 0.2) is 11.5 Å². The molecule has 2 aromatic heterocycles. The highest BCUT2D eigenvalue weighted by Crippen LogP contribution is 2.40. The summed E-state index contributed by atoms with van der Waals surface area (Å²) in [7, 11) is 4.17. The number of fused-ring (bicyclic) bond motifs is 2. The summed E-state index contributed by atoms with van der Waals surface area (Å²) in [5, 5.41) is 1.28. The summed E-state index contributed by atoms with van der Waals surface area (Å²) in [5.41, 5.74) is 2.20. The van der Waals surface area contributed by atoms with Crippen LogP contribution in [-0.4, -0.2) is 170 Å². The number of nitrogens with zero attached hydrogens (tertiary/aromatic N) is 8. The number of carbonyl (C=O) groups excluding carboxylic acids is 2. The van der Waals surface area contributed by atoms with Gasteiger partial charge in [-0.25, -0.2) is 0 Å². The number of aromatic nitrogens is 2. The predicted molar refractivity (Wildman–Crippen MR) is 231 cm³/mol. The third-order valence-corrected chi connectivity index (χ3v) is 12.8. The van der Waals surface area contributed by atoms with Gasteiger partial charge in [0.2, 0.25) is 11.8 Å². The van der Waals surface area contributed by atoms with E-state index in [0.717, 1.165) is 76.3 Å². The predicted octanol–water partition coefficient (Wildman–Crippen LogP) is 6.67. The molecule has 0 N–H and O–H groups in total. The Balaban J connectivity index is 0.000000191. The molecule has 4 fully saturated rings. The van der Waals surface area contributed by atoms with Crippen molar-refractivity contribution in [3.63, 3.8) is 0 Å². The first-order chi connectivity index (χ1) is 30.4. The summed E-state index contributed by atoms with van der Waals surface area (Å²) in [6.07, 6.45) is -4.91. The van der Waals surface area contributed by atoms with Gasteiger partial charge < -0.3 is 29.1 Å². The van der Waals surface area contributed by atoms with E-state index in [2.05, 4.69) is 67.0 Å². The second kappa shape index (κ2) is 20.2. The van der Waals surface area contributed by atoms with Crippen molar-refractivity contribution in [1.29, 1.82) is 0 Å². The summed E-state index contributed by atoms with van der Waals surface area (Å²) in [5.74, 6) is 0.276. The van der Waals surface area contributed by atoms with Gasteiger partial charge >= 0.3 is 12.7 Å². The van der Waals surface area contributed by atoms with E-state index in [4.69, 9.17) is 0 Å². The molecule has 4 saturated heterocycles. The van der Waals surface area contributed by atoms with E-state index in [-0.39, 0.29) is 46.2 Å². The van der Waals surface area contributed by atoms with E-state index < -0.39 is 12.7 Å². The third-order valence-electron chi connectivity index (χ3n) is 12.8. The Kier molecular flexibility index (Phi) is 14.9. The lowest BCUT2D eigenvalue weighted by atomic mass is 9.83. The van der Waals surface area contributed by atoms with Gasteiger partial charge in [-0.2, -0.15) is 0 Å². The molecule has 8 rings (SSSR count). The minimum Gasteiger partial charge on any atom is -0.403 e. The fourth-order valence-corrected chi connectivity index (χ4v) is 9.62. The summed E-state index contributed by atoms with van der Waals surface area (Å²) in [6, 6.07) is 13.0. The molecule has 0 aliphatic carbocycles. The number of hydrogen-bond acceptors (Lipinski definition) is 10. The molecule has 0 radical (unpaired) electrons. The largest absolute Gasteiger partial charge is 0.573 e. The number of amides is 2. The lowest BCUT2D eigenvalue weighted by Gasteiger charge is -2.39. The standard InChI is InChI=1S/2C23H29F3N4O2/c2*1-16-12-17(14-30(13-16)21(31)15-29-10-8-28(2)9-11-29)18-5-6-20(32-23(24,25)26)22-19(18)4-3-7-27-22/h2*3-7,16-17H,8-15H2,1-2H3/t16-,17+;16-,17-/m11/s1. The van der Waals surface area contributed by atoms with Crippen LogP contribution in [0.3, 0.4) is 0 Å². The van der Waals surface area contributed by atoms with Crippen molar-refractivity contribution in [3.05, 3.63) is 72.1 Å². The molecule has 4 aliphatic heterocycles. The van der Waals surface area contributed by atoms with Gasteiger partial charge in [0.25, 0.3) is 0 Å². The Morgan fingerprint density at radius 2 is 0.953 bits per heavy atom. The van der Waals surface area contributed by atoms with Crippen LogP contribution < -0.4 is 9.47 Å². The Hall–Kier alpha value is -4.78. The van der Waals surface area contributed by atoms with E-state index in [1.165, 1.54) is 24.5 Å². The van der Waals surface area contributed by atoms with Crippen LogP contribution in [0.5, 0.6) is 11.5 Å². The molecule has 6 heterocycles. The monoisotopic (exact) mass is 900 g/mol. The number of pyridine rings is 2. The van der Waals surface area contributed by atoms with Gasteiger partial charge in [0.1, 0.15) is 11.0 Å². The summed E-state index contributed by atoms with van der Waals surface area (Å²) in [4.78, 5) is 47.2. The molecule has 4 aliphatic rings. The first-order valence-electron chi connectivity index (χ1n) is 22.0. The number of piperidine rings is 2. The van der Waals surface area contributed by atoms with Crippen molar-refractivity contribution in [3.8, 4) is 11.5 Å². The maximum Gasteiger partial charge on any atom is 0.573 e. The second-order valence-electron chi connectivity index (χ2n) is 18.0. The molecule has 64 heavy (non-hydrogen) atoms. The lowest BCUT2D eigenvalue weighted by Crippen LogP contribution is -2.51. The zero-order chi connectivity index (χ0) is 45.8. The van der Waals surface area contributed by atoms with Gasteiger partial charge in [0.05, 0.1) is 13.1 Å². The van der Waals surface area contributed by atoms with Crippen LogP contribution in [-0.2, 0) is 9.59 Å². The van der Waals surface area contributed by atoms with Gasteiger partial charge in [-0.1, -0.05) is 38.1 Å². The average Bonchev–Trinajstić information content (AvgIpc) is 3.24. The highest BCUT2D eigenvalue weighted by atomic mass is 19.4.